The Morgan fingerprint density at radius 1 is 0.750 bits per heavy atom. The van der Waals surface area contributed by atoms with Crippen molar-refractivity contribution < 1.29 is 34.4 Å². The Morgan fingerprint density at radius 3 is 2.02 bits per heavy atom. The molecule has 0 amide bonds. The maximum Gasteiger partial charge on any atom is 0.164 e. The third-order valence-electron chi connectivity index (χ3n) is 10.3. The molecular formula is C50H56IrNO3Si-. The van der Waals surface area contributed by atoms with Crippen molar-refractivity contribution in [3.8, 4) is 22.4 Å². The number of nitrogens with zero attached hydrogens (tertiary/aromatic N) is 1. The molecule has 0 bridgehead atoms. The van der Waals surface area contributed by atoms with Crippen LogP contribution in [0.2, 0.25) is 19.6 Å². The second-order valence-electron chi connectivity index (χ2n) is 19.1. The zero-order chi connectivity index (χ0) is 40.2. The van der Waals surface area contributed by atoms with E-state index >= 15 is 0 Å². The molecule has 2 aromatic heterocycles. The predicted molar refractivity (Wildman–Crippen MR) is 237 cm³/mol. The zero-order valence-electron chi connectivity index (χ0n) is 35.3. The molecule has 56 heavy (non-hydrogen) atoms. The zero-order valence-corrected chi connectivity index (χ0v) is 38.7. The Bertz CT molecular complexity index is 2620. The van der Waals surface area contributed by atoms with Gasteiger partial charge >= 0.3 is 0 Å². The molecule has 0 aliphatic carbocycles. The maximum absolute atomic E-state index is 11.5. The van der Waals surface area contributed by atoms with E-state index in [1.807, 2.05) is 53.7 Å². The van der Waals surface area contributed by atoms with E-state index in [2.05, 4.69) is 132 Å². The summed E-state index contributed by atoms with van der Waals surface area (Å²) in [7, 11) is -1.57. The van der Waals surface area contributed by atoms with Gasteiger partial charge in [-0.25, -0.2) is 0 Å². The first-order valence-corrected chi connectivity index (χ1v) is 22.8. The summed E-state index contributed by atoms with van der Waals surface area (Å²) in [5.74, 6) is 0.104. The summed E-state index contributed by atoms with van der Waals surface area (Å²) in [6.07, 6.45) is 1.33. The number of carbonyl (C=O) groups is 1. The number of fused-ring (bicyclic) bond motifs is 5. The van der Waals surface area contributed by atoms with Gasteiger partial charge in [0, 0.05) is 47.8 Å². The van der Waals surface area contributed by atoms with Crippen LogP contribution >= 0.6 is 0 Å². The van der Waals surface area contributed by atoms with Gasteiger partial charge in [0.25, 0.3) is 0 Å². The summed E-state index contributed by atoms with van der Waals surface area (Å²) < 4.78 is 6.50. The van der Waals surface area contributed by atoms with Crippen LogP contribution in [0.25, 0.3) is 66.0 Å². The first-order valence-electron chi connectivity index (χ1n) is 19.3. The number of benzene rings is 5. The maximum atomic E-state index is 11.5. The van der Waals surface area contributed by atoms with E-state index in [1.165, 1.54) is 44.1 Å². The van der Waals surface area contributed by atoms with Crippen LogP contribution in [-0.4, -0.2) is 23.9 Å². The summed E-state index contributed by atoms with van der Waals surface area (Å²) in [4.78, 5) is 16.8. The summed E-state index contributed by atoms with van der Waals surface area (Å²) in [5.41, 5.74) is 8.62. The molecule has 0 saturated carbocycles. The number of aliphatic hydroxyl groups excluding tert-OH is 1. The third-order valence-corrected chi connectivity index (χ3v) is 12.3. The standard InChI is InChI=1S/C39H36NOSi.C11H20O2.Ir/c1-24-20-31-28-14-10-11-15-36(28)41-38(31)32(21-24)35-23-30(29-22-26(42(5,6)7)17-19-34(29)40-35)37-27-13-9-8-12-25(27)16-18-33(37)39(2,3)4;1-10(2,3)8(12)7-9(13)11(4,5)6;/h8-20,22-23H,1-7H3;7,12H,1-6H3;/q-1;;/b;8-7-;. The molecule has 7 rings (SSSR count). The van der Waals surface area contributed by atoms with Crippen LogP contribution in [0.4, 0.5) is 0 Å². The van der Waals surface area contributed by atoms with Crippen molar-refractivity contribution in [2.24, 2.45) is 10.8 Å². The number of allylic oxidation sites excluding steroid dienone is 2. The minimum atomic E-state index is -1.57. The van der Waals surface area contributed by atoms with E-state index in [-0.39, 0.29) is 42.5 Å². The fourth-order valence-electron chi connectivity index (χ4n) is 6.85. The van der Waals surface area contributed by atoms with Gasteiger partial charge in [-0.1, -0.05) is 178 Å². The van der Waals surface area contributed by atoms with Gasteiger partial charge in [0.05, 0.1) is 19.2 Å². The van der Waals surface area contributed by atoms with Gasteiger partial charge in [0.1, 0.15) is 11.3 Å². The summed E-state index contributed by atoms with van der Waals surface area (Å²) >= 11 is 0. The van der Waals surface area contributed by atoms with Gasteiger partial charge in [-0.2, -0.15) is 0 Å². The average Bonchev–Trinajstić information content (AvgIpc) is 3.47. The monoisotopic (exact) mass is 939 g/mol. The van der Waals surface area contributed by atoms with Crippen molar-refractivity contribution in [3.63, 3.8) is 0 Å². The first kappa shape index (κ1) is 42.8. The molecule has 1 N–H and O–H groups in total. The van der Waals surface area contributed by atoms with Crippen LogP contribution in [0.1, 0.15) is 73.4 Å². The van der Waals surface area contributed by atoms with Gasteiger partial charge in [-0.15, -0.1) is 17.7 Å². The van der Waals surface area contributed by atoms with Gasteiger partial charge in [0.2, 0.25) is 0 Å². The molecule has 4 nitrogen and oxygen atoms in total. The molecule has 0 spiro atoms. The van der Waals surface area contributed by atoms with E-state index in [0.717, 1.165) is 44.3 Å². The van der Waals surface area contributed by atoms with Crippen LogP contribution in [0.3, 0.4) is 0 Å². The Labute approximate surface area is 347 Å². The Kier molecular flexibility index (Phi) is 11.9. The number of hydrogen-bond donors (Lipinski definition) is 1. The number of hydrogen-bond acceptors (Lipinski definition) is 4. The number of furan rings is 1. The number of ketones is 1. The van der Waals surface area contributed by atoms with Crippen LogP contribution < -0.4 is 5.19 Å². The van der Waals surface area contributed by atoms with E-state index in [4.69, 9.17) is 9.40 Å². The number of para-hydroxylation sites is 1. The van der Waals surface area contributed by atoms with Crippen molar-refractivity contribution in [1.29, 1.82) is 0 Å². The normalized spacial score (nSPS) is 12.8. The molecule has 2 heterocycles. The topological polar surface area (TPSA) is 63.3 Å². The van der Waals surface area contributed by atoms with Crippen LogP contribution in [-0.2, 0) is 30.3 Å². The Balaban J connectivity index is 0.000000371. The van der Waals surface area contributed by atoms with E-state index in [1.54, 1.807) is 0 Å². The molecule has 0 unspecified atom stereocenters. The molecule has 293 valence electrons. The molecule has 0 saturated heterocycles. The molecule has 7 aromatic rings. The van der Waals surface area contributed by atoms with Crippen molar-refractivity contribution in [3.05, 3.63) is 120 Å². The number of pyridine rings is 1. The Morgan fingerprint density at radius 2 is 1.39 bits per heavy atom. The minimum absolute atomic E-state index is 0. The second kappa shape index (κ2) is 15.5. The molecule has 0 aliphatic heterocycles. The third kappa shape index (κ3) is 8.78. The fraction of sp³-hybridized carbons (Fsp3) is 0.320. The van der Waals surface area contributed by atoms with Gasteiger partial charge in [0.15, 0.2) is 5.78 Å². The number of aromatic nitrogens is 1. The summed E-state index contributed by atoms with van der Waals surface area (Å²) in [6, 6.07) is 36.7. The van der Waals surface area contributed by atoms with Crippen molar-refractivity contribution in [2.75, 3.05) is 0 Å². The van der Waals surface area contributed by atoms with Crippen LogP contribution in [0.5, 0.6) is 0 Å². The number of aryl methyl sites for hydroxylation is 1. The molecule has 0 atom stereocenters. The average molecular weight is 939 g/mol. The van der Waals surface area contributed by atoms with Crippen molar-refractivity contribution >= 4 is 62.7 Å². The van der Waals surface area contributed by atoms with Gasteiger partial charge in [-0.3, -0.25) is 9.78 Å². The van der Waals surface area contributed by atoms with Crippen molar-refractivity contribution in [2.45, 2.75) is 94.3 Å². The molecule has 1 radical (unpaired) electrons. The molecular weight excluding hydrogens is 883 g/mol. The number of rotatable bonds is 4. The number of carbonyl (C=O) groups excluding carboxylic acids is 1. The molecule has 0 aliphatic rings. The molecule has 5 aromatic carbocycles. The Hall–Kier alpha value is -4.35. The quantitative estimate of drug-likeness (QED) is 0.0827. The molecule has 0 fully saturated rings. The van der Waals surface area contributed by atoms with E-state index in [9.17, 15) is 9.90 Å². The largest absolute Gasteiger partial charge is 0.512 e. The van der Waals surface area contributed by atoms with E-state index < -0.39 is 13.5 Å². The van der Waals surface area contributed by atoms with Crippen LogP contribution in [0.15, 0.2) is 107 Å². The first-order chi connectivity index (χ1) is 25.5. The molecule has 6 heteroatoms. The smallest absolute Gasteiger partial charge is 0.164 e. The van der Waals surface area contributed by atoms with Crippen LogP contribution in [0, 0.1) is 23.8 Å². The predicted octanol–water partition coefficient (Wildman–Crippen LogP) is 13.7. The summed E-state index contributed by atoms with van der Waals surface area (Å²) in [5, 5.41) is 16.9. The SMILES string of the molecule is CC(C)(C)C(=O)/C=C(\O)C(C)(C)C.Cc1[c-]c(-c2cc(-c3c(C(C)(C)C)ccc4ccccc34)c3cc([Si](C)(C)C)ccc3n2)c2oc3ccccc3c2c1.[Ir]. The number of aliphatic hydroxyl groups is 1. The second-order valence-corrected chi connectivity index (χ2v) is 24.1. The minimum Gasteiger partial charge on any atom is -0.512 e. The van der Waals surface area contributed by atoms with E-state index in [0.29, 0.717) is 0 Å². The van der Waals surface area contributed by atoms with Gasteiger partial charge in [-0.05, 0) is 50.7 Å². The summed E-state index contributed by atoms with van der Waals surface area (Å²) in [6.45, 7) is 27.4. The van der Waals surface area contributed by atoms with Crippen molar-refractivity contribution in [1.82, 2.24) is 4.98 Å². The van der Waals surface area contributed by atoms with Gasteiger partial charge < -0.3 is 9.52 Å². The fourth-order valence-corrected chi connectivity index (χ4v) is 8.01.